The van der Waals surface area contributed by atoms with E-state index in [1.165, 1.54) is 64.2 Å². The lowest BCUT2D eigenvalue weighted by Gasteiger charge is -2.30. The van der Waals surface area contributed by atoms with Crippen molar-refractivity contribution in [3.05, 3.63) is 0 Å². The van der Waals surface area contributed by atoms with Gasteiger partial charge >= 0.3 is 0 Å². The van der Waals surface area contributed by atoms with Crippen LogP contribution in [0.2, 0.25) is 0 Å². The van der Waals surface area contributed by atoms with Crippen LogP contribution in [0.25, 0.3) is 0 Å². The molecule has 1 saturated carbocycles. The molecule has 0 amide bonds. The van der Waals surface area contributed by atoms with Crippen molar-refractivity contribution < 1.29 is 0 Å². The highest BCUT2D eigenvalue weighted by Crippen LogP contribution is 2.35. The molecule has 0 atom stereocenters. The topological polar surface area (TPSA) is 0 Å². The zero-order valence-corrected chi connectivity index (χ0v) is 16.5. The summed E-state index contributed by atoms with van der Waals surface area (Å²) in [5, 5.41) is 0. The number of hydrogen-bond acceptors (Lipinski definition) is 0. The van der Waals surface area contributed by atoms with Crippen molar-refractivity contribution in [1.82, 2.24) is 0 Å². The lowest BCUT2D eigenvalue weighted by molar-refractivity contribution is 0.221. The molecule has 0 aromatic rings. The monoisotopic (exact) mass is 308 g/mol. The highest BCUT2D eigenvalue weighted by atomic mass is 14.3. The molecule has 0 N–H and O–H groups in total. The highest BCUT2D eigenvalue weighted by Gasteiger charge is 2.22. The van der Waals surface area contributed by atoms with E-state index in [0.717, 1.165) is 35.5 Å². The molecule has 0 aliphatic heterocycles. The van der Waals surface area contributed by atoms with Gasteiger partial charge in [-0.05, 0) is 61.2 Å². The zero-order valence-electron chi connectivity index (χ0n) is 16.5. The molecular weight excluding hydrogens is 264 g/mol. The first-order chi connectivity index (χ1) is 10.5. The Balaban J connectivity index is 2.71. The third-order valence-corrected chi connectivity index (χ3v) is 6.82. The van der Waals surface area contributed by atoms with Crippen molar-refractivity contribution in [3.8, 4) is 0 Å². The van der Waals surface area contributed by atoms with E-state index in [-0.39, 0.29) is 0 Å². The van der Waals surface area contributed by atoms with E-state index in [0.29, 0.717) is 0 Å². The van der Waals surface area contributed by atoms with Gasteiger partial charge in [-0.3, -0.25) is 0 Å². The molecule has 0 aromatic carbocycles. The molecule has 0 unspecified atom stereocenters. The fourth-order valence-electron chi connectivity index (χ4n) is 4.53. The van der Waals surface area contributed by atoms with Gasteiger partial charge in [-0.2, -0.15) is 0 Å². The maximum absolute atomic E-state index is 2.45. The second-order valence-electron chi connectivity index (χ2n) is 8.87. The summed E-state index contributed by atoms with van der Waals surface area (Å²) >= 11 is 0. The van der Waals surface area contributed by atoms with Crippen LogP contribution in [0.5, 0.6) is 0 Å². The summed E-state index contributed by atoms with van der Waals surface area (Å²) in [6.45, 7) is 14.6. The zero-order chi connectivity index (χ0) is 16.5. The average Bonchev–Trinajstić information content (AvgIpc) is 2.47. The summed E-state index contributed by atoms with van der Waals surface area (Å²) < 4.78 is 0. The third kappa shape index (κ3) is 7.05. The van der Waals surface area contributed by atoms with E-state index in [2.05, 4.69) is 41.5 Å². The quantitative estimate of drug-likeness (QED) is 0.498. The van der Waals surface area contributed by atoms with E-state index in [1.807, 2.05) is 0 Å². The largest absolute Gasteiger partial charge is 0.0651 e. The Hall–Kier alpha value is 0. The van der Waals surface area contributed by atoms with Crippen molar-refractivity contribution >= 4 is 0 Å². The van der Waals surface area contributed by atoms with E-state index >= 15 is 0 Å². The lowest BCUT2D eigenvalue weighted by Crippen LogP contribution is -2.17. The van der Waals surface area contributed by atoms with Crippen molar-refractivity contribution in [2.45, 2.75) is 106 Å². The molecule has 132 valence electrons. The molecule has 0 nitrogen and oxygen atoms in total. The molecule has 0 heterocycles. The Labute approximate surface area is 141 Å². The average molecular weight is 309 g/mol. The first kappa shape index (κ1) is 20.0. The normalized spacial score (nSPS) is 32.7. The molecular formula is C22H44. The van der Waals surface area contributed by atoms with Gasteiger partial charge in [-0.15, -0.1) is 0 Å². The van der Waals surface area contributed by atoms with Gasteiger partial charge in [0.15, 0.2) is 0 Å². The van der Waals surface area contributed by atoms with Gasteiger partial charge in [-0.25, -0.2) is 0 Å². The molecule has 1 fully saturated rings. The van der Waals surface area contributed by atoms with Crippen LogP contribution >= 0.6 is 0 Å². The molecule has 0 radical (unpaired) electrons. The van der Waals surface area contributed by atoms with Crippen LogP contribution in [0.1, 0.15) is 106 Å². The minimum atomic E-state index is 0.876. The summed E-state index contributed by atoms with van der Waals surface area (Å²) in [4.78, 5) is 0. The standard InChI is InChI=1S/C22H44/c1-7-19-9-13-21(17(3)4)15-11-20(8-2)12-16-22(14-10-19)18(5)6/h17-22H,7-16H2,1-6H3. The molecule has 22 heavy (non-hydrogen) atoms. The molecule has 0 heteroatoms. The predicted molar refractivity (Wildman–Crippen MR) is 101 cm³/mol. The minimum Gasteiger partial charge on any atom is -0.0651 e. The van der Waals surface area contributed by atoms with Crippen LogP contribution < -0.4 is 0 Å². The van der Waals surface area contributed by atoms with Crippen LogP contribution in [0.3, 0.4) is 0 Å². The van der Waals surface area contributed by atoms with Crippen molar-refractivity contribution in [2.75, 3.05) is 0 Å². The van der Waals surface area contributed by atoms with Crippen LogP contribution in [0, 0.1) is 35.5 Å². The molecule has 1 rings (SSSR count). The second-order valence-corrected chi connectivity index (χ2v) is 8.87. The van der Waals surface area contributed by atoms with Gasteiger partial charge in [0.1, 0.15) is 0 Å². The van der Waals surface area contributed by atoms with Gasteiger partial charge in [0.25, 0.3) is 0 Å². The Morgan fingerprint density at radius 3 is 1.00 bits per heavy atom. The van der Waals surface area contributed by atoms with Crippen LogP contribution in [0.15, 0.2) is 0 Å². The van der Waals surface area contributed by atoms with E-state index in [4.69, 9.17) is 0 Å². The van der Waals surface area contributed by atoms with Gasteiger partial charge in [0, 0.05) is 0 Å². The summed E-state index contributed by atoms with van der Waals surface area (Å²) in [5.74, 6) is 5.68. The smallest absolute Gasteiger partial charge is 0.0391 e. The van der Waals surface area contributed by atoms with Crippen molar-refractivity contribution in [3.63, 3.8) is 0 Å². The minimum absolute atomic E-state index is 0.876. The van der Waals surface area contributed by atoms with Crippen LogP contribution in [-0.4, -0.2) is 0 Å². The molecule has 1 aliphatic carbocycles. The Bertz CT molecular complexity index is 221. The fourth-order valence-corrected chi connectivity index (χ4v) is 4.53. The Morgan fingerprint density at radius 2 is 0.818 bits per heavy atom. The molecule has 0 aromatic heterocycles. The second kappa shape index (κ2) is 10.7. The molecule has 1 aliphatic rings. The number of hydrogen-bond donors (Lipinski definition) is 0. The van der Waals surface area contributed by atoms with Crippen LogP contribution in [-0.2, 0) is 0 Å². The fraction of sp³-hybridized carbons (Fsp3) is 1.00. The van der Waals surface area contributed by atoms with E-state index in [9.17, 15) is 0 Å². The molecule has 0 bridgehead atoms. The van der Waals surface area contributed by atoms with Gasteiger partial charge in [0.05, 0.1) is 0 Å². The third-order valence-electron chi connectivity index (χ3n) is 6.82. The summed E-state index contributed by atoms with van der Waals surface area (Å²) in [7, 11) is 0. The highest BCUT2D eigenvalue weighted by molar-refractivity contribution is 4.74. The molecule has 0 spiro atoms. The maximum atomic E-state index is 2.45. The summed E-state index contributed by atoms with van der Waals surface area (Å²) in [5.41, 5.74) is 0. The first-order valence-electron chi connectivity index (χ1n) is 10.5. The lowest BCUT2D eigenvalue weighted by atomic mass is 9.76. The van der Waals surface area contributed by atoms with Gasteiger partial charge in [0.2, 0.25) is 0 Å². The maximum Gasteiger partial charge on any atom is -0.0391 e. The Morgan fingerprint density at radius 1 is 0.545 bits per heavy atom. The van der Waals surface area contributed by atoms with Gasteiger partial charge < -0.3 is 0 Å². The number of rotatable bonds is 4. The van der Waals surface area contributed by atoms with Crippen LogP contribution in [0.4, 0.5) is 0 Å². The Kier molecular flexibility index (Phi) is 9.76. The summed E-state index contributed by atoms with van der Waals surface area (Å²) in [6, 6.07) is 0. The predicted octanol–water partition coefficient (Wildman–Crippen LogP) is 7.72. The van der Waals surface area contributed by atoms with Crippen molar-refractivity contribution in [2.24, 2.45) is 35.5 Å². The van der Waals surface area contributed by atoms with E-state index < -0.39 is 0 Å². The van der Waals surface area contributed by atoms with Gasteiger partial charge in [-0.1, -0.05) is 80.1 Å². The van der Waals surface area contributed by atoms with E-state index in [1.54, 1.807) is 0 Å². The van der Waals surface area contributed by atoms with Crippen molar-refractivity contribution in [1.29, 1.82) is 0 Å². The first-order valence-corrected chi connectivity index (χ1v) is 10.5. The SMILES string of the molecule is CCC1CCC(C(C)C)CCC(CC)CCC(C(C)C)CC1. The summed E-state index contributed by atoms with van der Waals surface area (Å²) in [6.07, 6.45) is 14.7. The molecule has 0 saturated heterocycles.